The predicted octanol–water partition coefficient (Wildman–Crippen LogP) is 3.56. The topological polar surface area (TPSA) is 26.5 Å². The van der Waals surface area contributed by atoms with Gasteiger partial charge in [-0.05, 0) is 38.8 Å². The van der Waals surface area contributed by atoms with Gasteiger partial charge in [0.05, 0.1) is 6.54 Å². The third-order valence-electron chi connectivity index (χ3n) is 5.34. The van der Waals surface area contributed by atoms with Crippen LogP contribution in [0, 0.1) is 13.8 Å². The summed E-state index contributed by atoms with van der Waals surface area (Å²) in [5, 5.41) is 11.6. The highest BCUT2D eigenvalue weighted by Crippen LogP contribution is 2.35. The largest absolute Gasteiger partial charge is 0.346 e. The Balaban J connectivity index is 1.78. The average Bonchev–Trinajstić information content (AvgIpc) is 2.91. The van der Waals surface area contributed by atoms with E-state index in [0.717, 1.165) is 24.9 Å². The number of hydrogen-bond donors (Lipinski definition) is 1. The van der Waals surface area contributed by atoms with Crippen LogP contribution in [0.3, 0.4) is 0 Å². The second-order valence-electron chi connectivity index (χ2n) is 7.13. The minimum absolute atomic E-state index is 0.592. The van der Waals surface area contributed by atoms with Gasteiger partial charge in [0.25, 0.3) is 11.6 Å². The van der Waals surface area contributed by atoms with Crippen molar-refractivity contribution in [2.45, 2.75) is 38.8 Å². The molecule has 0 fully saturated rings. The lowest BCUT2D eigenvalue weighted by Gasteiger charge is -2.24. The van der Waals surface area contributed by atoms with E-state index in [9.17, 15) is 5.11 Å². The molecule has 1 N–H and O–H groups in total. The lowest BCUT2D eigenvalue weighted by Crippen LogP contribution is -2.41. The van der Waals surface area contributed by atoms with Crippen LogP contribution in [0.1, 0.15) is 36.0 Å². The Morgan fingerprint density at radius 3 is 2.21 bits per heavy atom. The van der Waals surface area contributed by atoms with Gasteiger partial charge in [0.2, 0.25) is 0 Å². The fraction of sp³-hybridized carbons (Fsp3) is 0.381. The number of hydrogen-bond acceptors (Lipinski definition) is 2. The van der Waals surface area contributed by atoms with Crippen molar-refractivity contribution >= 4 is 11.5 Å². The van der Waals surface area contributed by atoms with E-state index < -0.39 is 5.72 Å². The molecule has 0 radical (unpaired) electrons. The maximum Gasteiger partial charge on any atom is 0.271 e. The highest BCUT2D eigenvalue weighted by Gasteiger charge is 2.52. The summed E-state index contributed by atoms with van der Waals surface area (Å²) in [6.07, 6.45) is 3.36. The maximum absolute atomic E-state index is 11.6. The molecule has 24 heavy (non-hydrogen) atoms. The molecular formula is C21H25N2O+. The Labute approximate surface area is 143 Å². The monoisotopic (exact) mass is 321 g/mol. The number of β-amino-alcohol motifs (C(OH)–C–C–N with tert-alkyl or cyclic N) is 1. The van der Waals surface area contributed by atoms with E-state index in [-0.39, 0.29) is 0 Å². The molecule has 2 aliphatic heterocycles. The summed E-state index contributed by atoms with van der Waals surface area (Å²) < 4.78 is 2.22. The highest BCUT2D eigenvalue weighted by atomic mass is 16.3. The molecule has 2 aromatic rings. The third-order valence-corrected chi connectivity index (χ3v) is 5.34. The number of nitrogens with zero attached hydrogens (tertiary/aromatic N) is 2. The van der Waals surface area contributed by atoms with E-state index in [4.69, 9.17) is 0 Å². The van der Waals surface area contributed by atoms with Gasteiger partial charge >= 0.3 is 0 Å². The van der Waals surface area contributed by atoms with Crippen LogP contribution in [0.4, 0.5) is 5.69 Å². The molecule has 0 aliphatic carbocycles. The molecule has 0 amide bonds. The van der Waals surface area contributed by atoms with Gasteiger partial charge in [0, 0.05) is 12.0 Å². The fourth-order valence-corrected chi connectivity index (χ4v) is 3.93. The Morgan fingerprint density at radius 1 is 0.917 bits per heavy atom. The molecule has 2 aromatic carbocycles. The van der Waals surface area contributed by atoms with Crippen LogP contribution in [-0.2, 0) is 5.72 Å². The summed E-state index contributed by atoms with van der Waals surface area (Å²) >= 11 is 0. The van der Waals surface area contributed by atoms with Gasteiger partial charge in [-0.15, -0.1) is 0 Å². The van der Waals surface area contributed by atoms with Crippen molar-refractivity contribution in [3.63, 3.8) is 0 Å². The van der Waals surface area contributed by atoms with Gasteiger partial charge < -0.3 is 5.11 Å². The second-order valence-corrected chi connectivity index (χ2v) is 7.13. The van der Waals surface area contributed by atoms with E-state index >= 15 is 0 Å². The van der Waals surface area contributed by atoms with E-state index in [0.29, 0.717) is 6.54 Å². The SMILES string of the molecule is Cc1ccc(N2CC(O)(c3ccc(C)cc3)[N+]3=C2CCCC3)cc1. The summed E-state index contributed by atoms with van der Waals surface area (Å²) in [6.45, 7) is 5.70. The van der Waals surface area contributed by atoms with Crippen molar-refractivity contribution in [3.05, 3.63) is 65.2 Å². The summed E-state index contributed by atoms with van der Waals surface area (Å²) in [5.74, 6) is 1.26. The lowest BCUT2D eigenvalue weighted by atomic mass is 10.0. The quantitative estimate of drug-likeness (QED) is 0.856. The smallest absolute Gasteiger partial charge is 0.271 e. The van der Waals surface area contributed by atoms with E-state index in [2.05, 4.69) is 71.9 Å². The number of anilines is 1. The van der Waals surface area contributed by atoms with Crippen LogP contribution < -0.4 is 4.90 Å². The van der Waals surface area contributed by atoms with Gasteiger partial charge in [-0.1, -0.05) is 47.5 Å². The zero-order valence-electron chi connectivity index (χ0n) is 14.5. The summed E-state index contributed by atoms with van der Waals surface area (Å²) in [7, 11) is 0. The molecule has 1 atom stereocenters. The minimum Gasteiger partial charge on any atom is -0.346 e. The number of aryl methyl sites for hydroxylation is 2. The molecule has 0 saturated heterocycles. The van der Waals surface area contributed by atoms with Crippen LogP contribution in [0.2, 0.25) is 0 Å². The number of aliphatic hydroxyl groups is 1. The minimum atomic E-state index is -0.936. The molecule has 3 heteroatoms. The van der Waals surface area contributed by atoms with Crippen LogP contribution >= 0.6 is 0 Å². The van der Waals surface area contributed by atoms with Crippen molar-refractivity contribution in [3.8, 4) is 0 Å². The zero-order chi connectivity index (χ0) is 16.7. The van der Waals surface area contributed by atoms with Crippen molar-refractivity contribution in [1.82, 2.24) is 0 Å². The van der Waals surface area contributed by atoms with Crippen LogP contribution in [-0.4, -0.2) is 28.6 Å². The highest BCUT2D eigenvalue weighted by molar-refractivity contribution is 5.96. The molecule has 3 nitrogen and oxygen atoms in total. The molecule has 0 saturated carbocycles. The Kier molecular flexibility index (Phi) is 3.69. The van der Waals surface area contributed by atoms with Crippen molar-refractivity contribution in [2.24, 2.45) is 0 Å². The van der Waals surface area contributed by atoms with Gasteiger partial charge in [0.15, 0.2) is 6.54 Å². The lowest BCUT2D eigenvalue weighted by molar-refractivity contribution is -0.661. The standard InChI is InChI=1S/C21H25N2O/c1-16-6-10-18(11-7-16)21(24)15-22(19-12-8-17(2)9-13-19)20-5-3-4-14-23(20)21/h6-13,24H,3-5,14-15H2,1-2H3/q+1. The second kappa shape index (κ2) is 5.75. The van der Waals surface area contributed by atoms with Crippen LogP contribution in [0.15, 0.2) is 48.5 Å². The molecule has 0 aromatic heterocycles. The van der Waals surface area contributed by atoms with Crippen molar-refractivity contribution in [1.29, 1.82) is 0 Å². The van der Waals surface area contributed by atoms with Crippen molar-refractivity contribution < 1.29 is 9.68 Å². The summed E-state index contributed by atoms with van der Waals surface area (Å²) in [4.78, 5) is 2.30. The first-order chi connectivity index (χ1) is 11.6. The van der Waals surface area contributed by atoms with E-state index in [1.54, 1.807) is 0 Å². The van der Waals surface area contributed by atoms with Gasteiger partial charge in [-0.25, -0.2) is 9.48 Å². The zero-order valence-corrected chi connectivity index (χ0v) is 14.5. The van der Waals surface area contributed by atoms with Gasteiger partial charge in [0.1, 0.15) is 5.69 Å². The first-order valence-electron chi connectivity index (χ1n) is 8.85. The fourth-order valence-electron chi connectivity index (χ4n) is 3.93. The third kappa shape index (κ3) is 2.44. The Bertz CT molecular complexity index is 776. The molecule has 124 valence electrons. The molecule has 0 spiro atoms. The molecule has 4 rings (SSSR count). The summed E-state index contributed by atoms with van der Waals surface area (Å²) in [6, 6.07) is 16.9. The normalized spacial score (nSPS) is 23.5. The molecular weight excluding hydrogens is 296 g/mol. The maximum atomic E-state index is 11.6. The van der Waals surface area contributed by atoms with Gasteiger partial charge in [-0.2, -0.15) is 0 Å². The Hall–Kier alpha value is -2.13. The van der Waals surface area contributed by atoms with E-state index in [1.807, 2.05) is 0 Å². The average molecular weight is 321 g/mol. The molecule has 2 aliphatic rings. The first kappa shape index (κ1) is 15.4. The van der Waals surface area contributed by atoms with Gasteiger partial charge in [-0.3, -0.25) is 0 Å². The first-order valence-corrected chi connectivity index (χ1v) is 8.85. The van der Waals surface area contributed by atoms with Crippen LogP contribution in [0.5, 0.6) is 0 Å². The molecule has 1 unspecified atom stereocenters. The molecule has 0 bridgehead atoms. The number of amidine groups is 1. The Morgan fingerprint density at radius 2 is 1.54 bits per heavy atom. The van der Waals surface area contributed by atoms with E-state index in [1.165, 1.54) is 29.1 Å². The number of rotatable bonds is 2. The van der Waals surface area contributed by atoms with Crippen molar-refractivity contribution in [2.75, 3.05) is 18.0 Å². The summed E-state index contributed by atoms with van der Waals surface area (Å²) in [5.41, 5.74) is 3.71. The predicted molar refractivity (Wildman–Crippen MR) is 97.6 cm³/mol. The molecule has 2 heterocycles. The van der Waals surface area contributed by atoms with Crippen LogP contribution in [0.25, 0.3) is 0 Å². The number of benzene rings is 2.